The first-order chi connectivity index (χ1) is 13.0. The van der Waals surface area contributed by atoms with Crippen molar-refractivity contribution in [3.05, 3.63) is 29.3 Å². The third kappa shape index (κ3) is 10.4. The molecule has 1 rings (SSSR count). The molecule has 0 saturated heterocycles. The summed E-state index contributed by atoms with van der Waals surface area (Å²) in [6.07, 6.45) is 6.04. The van der Waals surface area contributed by atoms with Crippen LogP contribution < -0.4 is 4.74 Å². The Bertz CT molecular complexity index is 558. The van der Waals surface area contributed by atoms with Gasteiger partial charge in [-0.1, -0.05) is 58.2 Å². The molecule has 0 radical (unpaired) electrons. The van der Waals surface area contributed by atoms with E-state index in [-0.39, 0.29) is 5.41 Å². The van der Waals surface area contributed by atoms with E-state index in [0.29, 0.717) is 6.42 Å². The summed E-state index contributed by atoms with van der Waals surface area (Å²) in [5.41, 5.74) is 2.64. The minimum atomic E-state index is -1.56. The molecule has 4 nitrogen and oxygen atoms in total. The predicted octanol–water partition coefficient (Wildman–Crippen LogP) is 5.03. The Hall–Kier alpha value is -1.10. The highest BCUT2D eigenvalue weighted by atomic mass is 16.5. The van der Waals surface area contributed by atoms with E-state index in [4.69, 9.17) is 4.74 Å². The molecule has 0 aliphatic carbocycles. The SMILES string of the molecule is CCCN(CCCCCCOc1ccc(C)cc1C(C)(C)C)CCC(C)(O)O. The van der Waals surface area contributed by atoms with Crippen LogP contribution in [-0.4, -0.2) is 47.1 Å². The van der Waals surface area contributed by atoms with Gasteiger partial charge in [-0.25, -0.2) is 0 Å². The average Bonchev–Trinajstić information content (AvgIpc) is 2.58. The molecule has 1 aromatic carbocycles. The number of aryl methyl sites for hydroxylation is 1. The average molecular weight is 394 g/mol. The Morgan fingerprint density at radius 2 is 1.61 bits per heavy atom. The molecule has 4 heteroatoms. The molecular formula is C24H43NO3. The second-order valence-corrected chi connectivity index (χ2v) is 9.32. The maximum atomic E-state index is 9.50. The highest BCUT2D eigenvalue weighted by molar-refractivity contribution is 5.41. The van der Waals surface area contributed by atoms with Gasteiger partial charge in [-0.3, -0.25) is 0 Å². The van der Waals surface area contributed by atoms with Gasteiger partial charge in [0.2, 0.25) is 0 Å². The van der Waals surface area contributed by atoms with Crippen molar-refractivity contribution in [1.29, 1.82) is 0 Å². The van der Waals surface area contributed by atoms with Crippen LogP contribution in [0.25, 0.3) is 0 Å². The molecular weight excluding hydrogens is 350 g/mol. The molecule has 0 heterocycles. The summed E-state index contributed by atoms with van der Waals surface area (Å²) < 4.78 is 6.09. The number of benzene rings is 1. The van der Waals surface area contributed by atoms with Gasteiger partial charge in [0.05, 0.1) is 6.61 Å². The molecule has 162 valence electrons. The molecule has 2 N–H and O–H groups in total. The molecule has 0 amide bonds. The number of nitrogens with zero attached hydrogens (tertiary/aromatic N) is 1. The number of hydrogen-bond acceptors (Lipinski definition) is 4. The van der Waals surface area contributed by atoms with Gasteiger partial charge >= 0.3 is 0 Å². The second-order valence-electron chi connectivity index (χ2n) is 9.32. The molecule has 0 unspecified atom stereocenters. The van der Waals surface area contributed by atoms with E-state index in [1.165, 1.54) is 24.5 Å². The Morgan fingerprint density at radius 1 is 0.929 bits per heavy atom. The third-order valence-electron chi connectivity index (χ3n) is 5.01. The molecule has 0 aromatic heterocycles. The van der Waals surface area contributed by atoms with E-state index >= 15 is 0 Å². The van der Waals surface area contributed by atoms with Crippen molar-refractivity contribution in [3.8, 4) is 5.75 Å². The number of rotatable bonds is 13. The largest absolute Gasteiger partial charge is 0.493 e. The summed E-state index contributed by atoms with van der Waals surface area (Å²) in [5.74, 6) is -0.547. The molecule has 0 spiro atoms. The first kappa shape index (κ1) is 24.9. The van der Waals surface area contributed by atoms with E-state index in [2.05, 4.69) is 57.7 Å². The molecule has 28 heavy (non-hydrogen) atoms. The molecule has 0 aliphatic heterocycles. The fourth-order valence-corrected chi connectivity index (χ4v) is 3.35. The monoisotopic (exact) mass is 393 g/mol. The van der Waals surface area contributed by atoms with Crippen molar-refractivity contribution in [3.63, 3.8) is 0 Å². The van der Waals surface area contributed by atoms with Crippen molar-refractivity contribution in [2.75, 3.05) is 26.2 Å². The van der Waals surface area contributed by atoms with Gasteiger partial charge in [-0.05, 0) is 63.2 Å². The highest BCUT2D eigenvalue weighted by Gasteiger charge is 2.19. The van der Waals surface area contributed by atoms with Crippen molar-refractivity contribution in [1.82, 2.24) is 4.90 Å². The summed E-state index contributed by atoms with van der Waals surface area (Å²) in [7, 11) is 0. The quantitative estimate of drug-likeness (QED) is 0.364. The van der Waals surface area contributed by atoms with Gasteiger partial charge in [0.15, 0.2) is 5.79 Å². The molecule has 0 saturated carbocycles. The maximum Gasteiger partial charge on any atom is 0.160 e. The van der Waals surface area contributed by atoms with Crippen LogP contribution in [0.4, 0.5) is 0 Å². The number of ether oxygens (including phenoxy) is 1. The summed E-state index contributed by atoms with van der Waals surface area (Å²) >= 11 is 0. The lowest BCUT2D eigenvalue weighted by molar-refractivity contribution is -0.152. The lowest BCUT2D eigenvalue weighted by atomic mass is 9.85. The van der Waals surface area contributed by atoms with E-state index in [1.54, 1.807) is 0 Å². The predicted molar refractivity (Wildman–Crippen MR) is 118 cm³/mol. The van der Waals surface area contributed by atoms with Crippen LogP contribution in [-0.2, 0) is 5.41 Å². The smallest absolute Gasteiger partial charge is 0.160 e. The Labute approximate surface area is 172 Å². The Kier molecular flexibility index (Phi) is 10.5. The van der Waals surface area contributed by atoms with Crippen LogP contribution in [0.1, 0.15) is 84.3 Å². The van der Waals surface area contributed by atoms with E-state index < -0.39 is 5.79 Å². The summed E-state index contributed by atoms with van der Waals surface area (Å²) in [6.45, 7) is 16.0. The van der Waals surface area contributed by atoms with Crippen LogP contribution in [0.5, 0.6) is 5.75 Å². The van der Waals surface area contributed by atoms with Crippen LogP contribution in [0.2, 0.25) is 0 Å². The van der Waals surface area contributed by atoms with Crippen molar-refractivity contribution < 1.29 is 14.9 Å². The number of hydrogen-bond donors (Lipinski definition) is 2. The fourth-order valence-electron chi connectivity index (χ4n) is 3.35. The van der Waals surface area contributed by atoms with Crippen molar-refractivity contribution in [2.45, 2.75) is 91.3 Å². The minimum Gasteiger partial charge on any atom is -0.493 e. The highest BCUT2D eigenvalue weighted by Crippen LogP contribution is 2.32. The fraction of sp³-hybridized carbons (Fsp3) is 0.750. The topological polar surface area (TPSA) is 52.9 Å². The van der Waals surface area contributed by atoms with Gasteiger partial charge in [0, 0.05) is 13.0 Å². The zero-order chi connectivity index (χ0) is 21.2. The minimum absolute atomic E-state index is 0.0866. The van der Waals surface area contributed by atoms with Crippen LogP contribution >= 0.6 is 0 Å². The van der Waals surface area contributed by atoms with Gasteiger partial charge in [0.25, 0.3) is 0 Å². The molecule has 1 aromatic rings. The van der Waals surface area contributed by atoms with Gasteiger partial charge < -0.3 is 19.8 Å². The lowest BCUT2D eigenvalue weighted by Gasteiger charge is -2.25. The molecule has 0 aliphatic rings. The van der Waals surface area contributed by atoms with E-state index in [0.717, 1.165) is 57.7 Å². The molecule has 0 atom stereocenters. The Balaban J connectivity index is 2.29. The van der Waals surface area contributed by atoms with Crippen LogP contribution in [0.3, 0.4) is 0 Å². The summed E-state index contributed by atoms with van der Waals surface area (Å²) in [4.78, 5) is 2.34. The molecule has 0 bridgehead atoms. The third-order valence-corrected chi connectivity index (χ3v) is 5.01. The maximum absolute atomic E-state index is 9.50. The Morgan fingerprint density at radius 3 is 2.21 bits per heavy atom. The number of aliphatic hydroxyl groups is 2. The van der Waals surface area contributed by atoms with Gasteiger partial charge in [0.1, 0.15) is 5.75 Å². The zero-order valence-electron chi connectivity index (χ0n) is 19.1. The second kappa shape index (κ2) is 11.8. The van der Waals surface area contributed by atoms with E-state index in [1.807, 2.05) is 0 Å². The van der Waals surface area contributed by atoms with Gasteiger partial charge in [-0.15, -0.1) is 0 Å². The van der Waals surface area contributed by atoms with Crippen molar-refractivity contribution >= 4 is 0 Å². The summed E-state index contributed by atoms with van der Waals surface area (Å²) in [6, 6.07) is 6.46. The first-order valence-corrected chi connectivity index (χ1v) is 10.9. The van der Waals surface area contributed by atoms with E-state index in [9.17, 15) is 10.2 Å². The first-order valence-electron chi connectivity index (χ1n) is 10.9. The van der Waals surface area contributed by atoms with Crippen LogP contribution in [0.15, 0.2) is 18.2 Å². The summed E-state index contributed by atoms with van der Waals surface area (Å²) in [5, 5.41) is 19.0. The number of unbranched alkanes of at least 4 members (excludes halogenated alkanes) is 3. The standard InChI is InChI=1S/C24H43NO3/c1-7-15-25(17-14-24(6,26)27)16-10-8-9-11-18-28-22-13-12-20(2)19-21(22)23(3,4)5/h12-13,19,26-27H,7-11,14-18H2,1-6H3. The normalized spacial score (nSPS) is 12.6. The lowest BCUT2D eigenvalue weighted by Crippen LogP contribution is -2.33. The van der Waals surface area contributed by atoms with Crippen molar-refractivity contribution in [2.24, 2.45) is 0 Å². The molecule has 0 fully saturated rings. The van der Waals surface area contributed by atoms with Gasteiger partial charge in [-0.2, -0.15) is 0 Å². The van der Waals surface area contributed by atoms with Crippen LogP contribution in [0, 0.1) is 6.92 Å². The zero-order valence-corrected chi connectivity index (χ0v) is 19.1.